The van der Waals surface area contributed by atoms with Gasteiger partial charge in [-0.3, -0.25) is 14.3 Å². The van der Waals surface area contributed by atoms with Gasteiger partial charge < -0.3 is 20.7 Å². The predicted octanol–water partition coefficient (Wildman–Crippen LogP) is -1.80. The number of nitrogens with zero attached hydrogens (tertiary/aromatic N) is 1. The average Bonchev–Trinajstić information content (AvgIpc) is 2.76. The fourth-order valence-electron chi connectivity index (χ4n) is 2.36. The number of nitrogens with one attached hydrogen (secondary N) is 1. The summed E-state index contributed by atoms with van der Waals surface area (Å²) in [5, 5.41) is 18.7. The van der Waals surface area contributed by atoms with Crippen LogP contribution >= 0.6 is 0 Å². The molecule has 1 aliphatic rings. The standard InChI is InChI=1S/C12H19N3O5/c1-6-5-15(12(19)14-11(6)18)9-4-7(13)10(20-9)8(17)2-3-16/h5,7-10,16-17H,2-4,13H2,1H3,(H,14,18,19)/t7-,8-,9+,10-/m0/s1. The first-order valence-corrected chi connectivity index (χ1v) is 6.46. The van der Waals surface area contributed by atoms with Crippen molar-refractivity contribution in [3.8, 4) is 0 Å². The van der Waals surface area contributed by atoms with E-state index in [2.05, 4.69) is 4.98 Å². The van der Waals surface area contributed by atoms with E-state index < -0.39 is 35.7 Å². The van der Waals surface area contributed by atoms with Gasteiger partial charge in [0.05, 0.1) is 6.10 Å². The van der Waals surface area contributed by atoms with E-state index in [0.29, 0.717) is 12.0 Å². The number of aliphatic hydroxyl groups excluding tert-OH is 2. The van der Waals surface area contributed by atoms with Gasteiger partial charge >= 0.3 is 5.69 Å². The Morgan fingerprint density at radius 3 is 2.95 bits per heavy atom. The van der Waals surface area contributed by atoms with Crippen LogP contribution in [0.1, 0.15) is 24.6 Å². The number of aromatic amines is 1. The highest BCUT2D eigenvalue weighted by Crippen LogP contribution is 2.29. The van der Waals surface area contributed by atoms with Crippen LogP contribution in [0.15, 0.2) is 15.8 Å². The van der Waals surface area contributed by atoms with E-state index in [9.17, 15) is 14.7 Å². The molecule has 8 heteroatoms. The normalized spacial score (nSPS) is 27.7. The Hall–Kier alpha value is -1.48. The number of aryl methyl sites for hydroxylation is 1. The van der Waals surface area contributed by atoms with Crippen molar-refractivity contribution in [2.75, 3.05) is 6.61 Å². The molecule has 0 radical (unpaired) electrons. The summed E-state index contributed by atoms with van der Waals surface area (Å²) in [4.78, 5) is 25.3. The lowest BCUT2D eigenvalue weighted by atomic mass is 10.0. The highest BCUT2D eigenvalue weighted by Gasteiger charge is 2.38. The topological polar surface area (TPSA) is 131 Å². The summed E-state index contributed by atoms with van der Waals surface area (Å²) in [7, 11) is 0. The van der Waals surface area contributed by atoms with E-state index >= 15 is 0 Å². The van der Waals surface area contributed by atoms with Crippen LogP contribution in [-0.4, -0.2) is 44.6 Å². The molecule has 0 aromatic carbocycles. The number of aromatic nitrogens is 2. The summed E-state index contributed by atoms with van der Waals surface area (Å²) in [5.74, 6) is 0. The maximum atomic E-state index is 11.8. The minimum Gasteiger partial charge on any atom is -0.396 e. The Bertz CT molecular complexity index is 581. The summed E-state index contributed by atoms with van der Waals surface area (Å²) < 4.78 is 6.87. The molecule has 2 heterocycles. The maximum Gasteiger partial charge on any atom is 0.330 e. The molecule has 5 N–H and O–H groups in total. The van der Waals surface area contributed by atoms with E-state index in [1.54, 1.807) is 6.92 Å². The van der Waals surface area contributed by atoms with Gasteiger partial charge in [-0.1, -0.05) is 0 Å². The highest BCUT2D eigenvalue weighted by atomic mass is 16.5. The van der Waals surface area contributed by atoms with Crippen molar-refractivity contribution in [1.82, 2.24) is 9.55 Å². The molecule has 112 valence electrons. The summed E-state index contributed by atoms with van der Waals surface area (Å²) >= 11 is 0. The summed E-state index contributed by atoms with van der Waals surface area (Å²) in [6.45, 7) is 1.41. The SMILES string of the molecule is Cc1cn([C@H]2C[C@H](N)[C@@H]([C@@H](O)CCO)O2)c(=O)[nH]c1=O. The maximum absolute atomic E-state index is 11.8. The van der Waals surface area contributed by atoms with E-state index in [1.807, 2.05) is 0 Å². The quantitative estimate of drug-likeness (QED) is 0.516. The molecule has 0 bridgehead atoms. The van der Waals surface area contributed by atoms with Crippen LogP contribution in [0.4, 0.5) is 0 Å². The van der Waals surface area contributed by atoms with Crippen molar-refractivity contribution in [1.29, 1.82) is 0 Å². The lowest BCUT2D eigenvalue weighted by molar-refractivity contribution is -0.0691. The molecule has 0 aliphatic carbocycles. The summed E-state index contributed by atoms with van der Waals surface area (Å²) in [5.41, 5.74) is 5.28. The number of nitrogens with two attached hydrogens (primary N) is 1. The van der Waals surface area contributed by atoms with Gasteiger partial charge in [0.2, 0.25) is 0 Å². The third-order valence-electron chi connectivity index (χ3n) is 3.47. The van der Waals surface area contributed by atoms with E-state index in [0.717, 1.165) is 0 Å². The second kappa shape index (κ2) is 5.88. The van der Waals surface area contributed by atoms with Crippen LogP contribution in [0.2, 0.25) is 0 Å². The number of hydrogen-bond acceptors (Lipinski definition) is 6. The van der Waals surface area contributed by atoms with Gasteiger partial charge in [-0.25, -0.2) is 4.79 Å². The molecule has 20 heavy (non-hydrogen) atoms. The first kappa shape index (κ1) is 14.9. The van der Waals surface area contributed by atoms with E-state index in [1.165, 1.54) is 10.8 Å². The van der Waals surface area contributed by atoms with Crippen molar-refractivity contribution >= 4 is 0 Å². The van der Waals surface area contributed by atoms with Gasteiger partial charge in [-0.15, -0.1) is 0 Å². The first-order chi connectivity index (χ1) is 9.43. The smallest absolute Gasteiger partial charge is 0.330 e. The number of aliphatic hydroxyl groups is 2. The molecular weight excluding hydrogens is 266 g/mol. The summed E-state index contributed by atoms with van der Waals surface area (Å²) in [6, 6.07) is -0.444. The Labute approximate surface area is 114 Å². The molecule has 1 saturated heterocycles. The van der Waals surface area contributed by atoms with Crippen molar-refractivity contribution in [3.05, 3.63) is 32.6 Å². The minimum atomic E-state index is -0.889. The molecule has 1 aromatic rings. The van der Waals surface area contributed by atoms with Crippen LogP contribution in [-0.2, 0) is 4.74 Å². The Morgan fingerprint density at radius 2 is 2.30 bits per heavy atom. The van der Waals surface area contributed by atoms with Crippen molar-refractivity contribution in [2.45, 2.75) is 44.2 Å². The number of hydrogen-bond donors (Lipinski definition) is 4. The van der Waals surface area contributed by atoms with Crippen LogP contribution < -0.4 is 17.0 Å². The van der Waals surface area contributed by atoms with Gasteiger partial charge in [0.25, 0.3) is 5.56 Å². The predicted molar refractivity (Wildman–Crippen MR) is 70.3 cm³/mol. The monoisotopic (exact) mass is 285 g/mol. The summed E-state index contributed by atoms with van der Waals surface area (Å²) in [6.07, 6.45) is -0.250. The van der Waals surface area contributed by atoms with Gasteiger partial charge in [-0.05, 0) is 13.3 Å². The molecule has 0 spiro atoms. The largest absolute Gasteiger partial charge is 0.396 e. The van der Waals surface area contributed by atoms with Crippen molar-refractivity contribution in [2.24, 2.45) is 5.73 Å². The second-order valence-corrected chi connectivity index (χ2v) is 5.01. The molecular formula is C12H19N3O5. The fraction of sp³-hybridized carbons (Fsp3) is 0.667. The molecule has 0 unspecified atom stereocenters. The van der Waals surface area contributed by atoms with Crippen LogP contribution in [0.25, 0.3) is 0 Å². The number of rotatable bonds is 4. The van der Waals surface area contributed by atoms with Gasteiger partial charge in [-0.2, -0.15) is 0 Å². The third kappa shape index (κ3) is 2.83. The molecule has 8 nitrogen and oxygen atoms in total. The van der Waals surface area contributed by atoms with Crippen LogP contribution in [0, 0.1) is 6.92 Å². The molecule has 1 aliphatic heterocycles. The minimum absolute atomic E-state index is 0.157. The van der Waals surface area contributed by atoms with Crippen molar-refractivity contribution < 1.29 is 14.9 Å². The zero-order chi connectivity index (χ0) is 14.9. The number of ether oxygens (including phenoxy) is 1. The lowest BCUT2D eigenvalue weighted by Crippen LogP contribution is -2.40. The second-order valence-electron chi connectivity index (χ2n) is 5.01. The molecule has 1 fully saturated rings. The first-order valence-electron chi connectivity index (χ1n) is 6.46. The molecule has 0 amide bonds. The Morgan fingerprint density at radius 1 is 1.60 bits per heavy atom. The Balaban J connectivity index is 2.22. The molecule has 1 aromatic heterocycles. The van der Waals surface area contributed by atoms with Crippen LogP contribution in [0.5, 0.6) is 0 Å². The van der Waals surface area contributed by atoms with E-state index in [-0.39, 0.29) is 13.0 Å². The number of H-pyrrole nitrogens is 1. The fourth-order valence-corrected chi connectivity index (χ4v) is 2.36. The van der Waals surface area contributed by atoms with Crippen molar-refractivity contribution in [3.63, 3.8) is 0 Å². The zero-order valence-electron chi connectivity index (χ0n) is 11.2. The lowest BCUT2D eigenvalue weighted by Gasteiger charge is -2.21. The van der Waals surface area contributed by atoms with E-state index in [4.69, 9.17) is 15.6 Å². The molecule has 4 atom stereocenters. The zero-order valence-corrected chi connectivity index (χ0v) is 11.2. The Kier molecular flexibility index (Phi) is 4.39. The molecule has 2 rings (SSSR count). The van der Waals surface area contributed by atoms with Crippen LogP contribution in [0.3, 0.4) is 0 Å². The van der Waals surface area contributed by atoms with Gasteiger partial charge in [0.15, 0.2) is 0 Å². The average molecular weight is 285 g/mol. The van der Waals surface area contributed by atoms with Gasteiger partial charge in [0, 0.05) is 30.8 Å². The highest BCUT2D eigenvalue weighted by molar-refractivity contribution is 5.02. The third-order valence-corrected chi connectivity index (χ3v) is 3.47. The molecule has 0 saturated carbocycles. The van der Waals surface area contributed by atoms with Gasteiger partial charge in [0.1, 0.15) is 12.3 Å².